The first kappa shape index (κ1) is 21.7. The summed E-state index contributed by atoms with van der Waals surface area (Å²) in [5, 5.41) is 5.01. The molecule has 2 aromatic carbocycles. The van der Waals surface area contributed by atoms with Gasteiger partial charge in [0.25, 0.3) is 0 Å². The molecule has 1 fully saturated rings. The van der Waals surface area contributed by atoms with Crippen molar-refractivity contribution in [3.05, 3.63) is 112 Å². The van der Waals surface area contributed by atoms with Crippen LogP contribution in [0.15, 0.2) is 79.1 Å². The molecule has 4 aromatic rings. The number of aryl methyl sites for hydroxylation is 3. The van der Waals surface area contributed by atoms with E-state index in [1.165, 1.54) is 11.1 Å². The number of anilines is 1. The Morgan fingerprint density at radius 1 is 0.909 bits per heavy atom. The Balaban J connectivity index is 1.69. The molecule has 1 saturated heterocycles. The third-order valence-corrected chi connectivity index (χ3v) is 6.82. The number of benzene rings is 2. The minimum atomic E-state index is -0.0958. The Morgan fingerprint density at radius 2 is 1.70 bits per heavy atom. The largest absolute Gasteiger partial charge is 0.351 e. The van der Waals surface area contributed by atoms with Gasteiger partial charge in [-0.3, -0.25) is 4.98 Å². The van der Waals surface area contributed by atoms with Gasteiger partial charge in [0.1, 0.15) is 6.04 Å². The summed E-state index contributed by atoms with van der Waals surface area (Å²) in [6.45, 7) is 6.26. The maximum absolute atomic E-state index is 6.31. The lowest BCUT2D eigenvalue weighted by atomic mass is 10.00. The number of hydrogen-bond acceptors (Lipinski definition) is 2. The number of hydrogen-bond donors (Lipinski definition) is 1. The first-order chi connectivity index (χ1) is 15.9. The monoisotopic (exact) mass is 472 g/mol. The lowest BCUT2D eigenvalue weighted by molar-refractivity contribution is 0.549. The van der Waals surface area contributed by atoms with E-state index in [1.807, 2.05) is 31.3 Å². The van der Waals surface area contributed by atoms with Crippen molar-refractivity contribution in [3.63, 3.8) is 0 Å². The SMILES string of the molecule is Cc1cc(C)cc(N2C(=S)N[C@H](c3ccccn3)[C@@H]2c2cccn2-c2ccc(Cl)c(C)c2)c1. The van der Waals surface area contributed by atoms with Crippen LogP contribution in [0.5, 0.6) is 0 Å². The number of halogens is 1. The molecule has 2 aromatic heterocycles. The third kappa shape index (κ3) is 4.03. The number of nitrogens with one attached hydrogen (secondary N) is 1. The molecule has 6 heteroatoms. The van der Waals surface area contributed by atoms with Crippen LogP contribution in [0.3, 0.4) is 0 Å². The van der Waals surface area contributed by atoms with Gasteiger partial charge in [-0.2, -0.15) is 0 Å². The molecular weight excluding hydrogens is 448 g/mol. The van der Waals surface area contributed by atoms with Gasteiger partial charge < -0.3 is 14.8 Å². The highest BCUT2D eigenvalue weighted by molar-refractivity contribution is 7.80. The Morgan fingerprint density at radius 3 is 2.39 bits per heavy atom. The summed E-state index contributed by atoms with van der Waals surface area (Å²) in [5.41, 5.74) is 7.67. The van der Waals surface area contributed by atoms with E-state index < -0.39 is 0 Å². The first-order valence-electron chi connectivity index (χ1n) is 10.9. The number of aromatic nitrogens is 2. The van der Waals surface area contributed by atoms with Crippen LogP contribution >= 0.6 is 23.8 Å². The van der Waals surface area contributed by atoms with E-state index in [-0.39, 0.29) is 12.1 Å². The molecule has 0 spiro atoms. The molecule has 0 radical (unpaired) electrons. The summed E-state index contributed by atoms with van der Waals surface area (Å²) < 4.78 is 2.22. The molecule has 3 heterocycles. The first-order valence-corrected chi connectivity index (χ1v) is 11.7. The fraction of sp³-hybridized carbons (Fsp3) is 0.185. The topological polar surface area (TPSA) is 33.1 Å². The van der Waals surface area contributed by atoms with Crippen LogP contribution in [-0.2, 0) is 0 Å². The van der Waals surface area contributed by atoms with Crippen LogP contribution in [0.1, 0.15) is 40.2 Å². The molecule has 166 valence electrons. The second kappa shape index (κ2) is 8.65. The smallest absolute Gasteiger partial charge is 0.174 e. The lowest BCUT2D eigenvalue weighted by Crippen LogP contribution is -2.30. The average molecular weight is 473 g/mol. The van der Waals surface area contributed by atoms with Crippen LogP contribution in [-0.4, -0.2) is 14.7 Å². The Bertz CT molecular complexity index is 1310. The molecule has 0 unspecified atom stereocenters. The van der Waals surface area contributed by atoms with Crippen LogP contribution in [0.25, 0.3) is 5.69 Å². The summed E-state index contributed by atoms with van der Waals surface area (Å²) in [6.07, 6.45) is 3.92. The van der Waals surface area contributed by atoms with Crippen LogP contribution in [0.4, 0.5) is 5.69 Å². The van der Waals surface area contributed by atoms with Crippen molar-refractivity contribution in [2.75, 3.05) is 4.90 Å². The van der Waals surface area contributed by atoms with Gasteiger partial charge in [-0.25, -0.2) is 0 Å². The maximum Gasteiger partial charge on any atom is 0.174 e. The zero-order valence-corrected chi connectivity index (χ0v) is 20.4. The van der Waals surface area contributed by atoms with Gasteiger partial charge in [-0.15, -0.1) is 0 Å². The zero-order chi connectivity index (χ0) is 23.1. The van der Waals surface area contributed by atoms with Crippen molar-refractivity contribution in [2.24, 2.45) is 0 Å². The minimum Gasteiger partial charge on any atom is -0.351 e. The molecule has 2 atom stereocenters. The highest BCUT2D eigenvalue weighted by Crippen LogP contribution is 2.42. The summed E-state index contributed by atoms with van der Waals surface area (Å²) in [6, 6.07) is 22.7. The highest BCUT2D eigenvalue weighted by atomic mass is 35.5. The fourth-order valence-corrected chi connectivity index (χ4v) is 5.14. The molecule has 0 aliphatic carbocycles. The molecule has 0 bridgehead atoms. The summed E-state index contributed by atoms with van der Waals surface area (Å²) in [4.78, 5) is 6.90. The van der Waals surface area contributed by atoms with Gasteiger partial charge in [0.15, 0.2) is 5.11 Å². The summed E-state index contributed by atoms with van der Waals surface area (Å²) >= 11 is 12.2. The van der Waals surface area contributed by atoms with Crippen molar-refractivity contribution in [2.45, 2.75) is 32.9 Å². The number of rotatable bonds is 4. The predicted octanol–water partition coefficient (Wildman–Crippen LogP) is 6.63. The molecule has 1 aliphatic rings. The minimum absolute atomic E-state index is 0.0837. The molecular formula is C27H25ClN4S. The molecule has 1 N–H and O–H groups in total. The highest BCUT2D eigenvalue weighted by Gasteiger charge is 2.42. The average Bonchev–Trinajstić information content (AvgIpc) is 3.40. The second-order valence-corrected chi connectivity index (χ2v) is 9.37. The van der Waals surface area contributed by atoms with Crippen LogP contribution < -0.4 is 10.2 Å². The van der Waals surface area contributed by atoms with E-state index in [4.69, 9.17) is 23.8 Å². The Hall–Kier alpha value is -3.15. The quantitative estimate of drug-likeness (QED) is 0.338. The number of nitrogens with zero attached hydrogens (tertiary/aromatic N) is 3. The summed E-state index contributed by atoms with van der Waals surface area (Å²) in [5.74, 6) is 0. The Labute approximate surface area is 204 Å². The zero-order valence-electron chi connectivity index (χ0n) is 18.8. The fourth-order valence-electron chi connectivity index (χ4n) is 4.67. The molecule has 0 amide bonds. The van der Waals surface area contributed by atoms with Crippen molar-refractivity contribution in [1.29, 1.82) is 0 Å². The van der Waals surface area contributed by atoms with Crippen molar-refractivity contribution in [3.8, 4) is 5.69 Å². The van der Waals surface area contributed by atoms with E-state index in [0.717, 1.165) is 33.3 Å². The third-order valence-electron chi connectivity index (χ3n) is 6.09. The van der Waals surface area contributed by atoms with Gasteiger partial charge in [0.05, 0.1) is 11.7 Å². The van der Waals surface area contributed by atoms with Gasteiger partial charge in [0.2, 0.25) is 0 Å². The van der Waals surface area contributed by atoms with E-state index in [9.17, 15) is 0 Å². The molecule has 33 heavy (non-hydrogen) atoms. The number of pyridine rings is 1. The predicted molar refractivity (Wildman–Crippen MR) is 139 cm³/mol. The number of thiocarbonyl (C=S) groups is 1. The van der Waals surface area contributed by atoms with E-state index >= 15 is 0 Å². The van der Waals surface area contributed by atoms with Crippen LogP contribution in [0.2, 0.25) is 5.02 Å². The normalized spacial score (nSPS) is 17.9. The summed E-state index contributed by atoms with van der Waals surface area (Å²) in [7, 11) is 0. The van der Waals surface area contributed by atoms with Crippen molar-refractivity contribution < 1.29 is 0 Å². The molecule has 4 nitrogen and oxygen atoms in total. The molecule has 0 saturated carbocycles. The van der Waals surface area contributed by atoms with E-state index in [0.29, 0.717) is 5.11 Å². The molecule has 5 rings (SSSR count). The molecule has 1 aliphatic heterocycles. The second-order valence-electron chi connectivity index (χ2n) is 8.58. The van der Waals surface area contributed by atoms with Crippen molar-refractivity contribution >= 4 is 34.6 Å². The van der Waals surface area contributed by atoms with E-state index in [2.05, 4.69) is 88.3 Å². The van der Waals surface area contributed by atoms with Gasteiger partial charge in [-0.05, 0) is 104 Å². The van der Waals surface area contributed by atoms with Gasteiger partial charge in [-0.1, -0.05) is 23.7 Å². The lowest BCUT2D eigenvalue weighted by Gasteiger charge is -2.29. The van der Waals surface area contributed by atoms with Gasteiger partial charge >= 0.3 is 0 Å². The van der Waals surface area contributed by atoms with Crippen molar-refractivity contribution in [1.82, 2.24) is 14.9 Å². The Kier molecular flexibility index (Phi) is 5.69. The van der Waals surface area contributed by atoms with Crippen LogP contribution in [0, 0.1) is 20.8 Å². The standard InChI is InChI=1S/C27H25ClN4S/c1-17-13-18(2)15-21(14-17)32-26(25(30-27(32)33)23-7-4-5-11-29-23)24-8-6-12-31(24)20-9-10-22(28)19(3)16-20/h4-16,25-26H,1-3H3,(H,30,33)/t25-,26+/m1/s1. The van der Waals surface area contributed by atoms with Gasteiger partial charge in [0, 0.05) is 34.5 Å². The van der Waals surface area contributed by atoms with E-state index in [1.54, 1.807) is 0 Å². The maximum atomic E-state index is 6.31.